The van der Waals surface area contributed by atoms with Gasteiger partial charge >= 0.3 is 0 Å². The van der Waals surface area contributed by atoms with Crippen LogP contribution in [-0.4, -0.2) is 25.7 Å². The molecule has 0 atom stereocenters. The molecule has 5 nitrogen and oxygen atoms in total. The summed E-state index contributed by atoms with van der Waals surface area (Å²) < 4.78 is 29.4. The molecule has 120 valence electrons. The zero-order valence-electron chi connectivity index (χ0n) is 12.0. The largest absolute Gasteiger partial charge is 0.486 e. The Morgan fingerprint density at radius 1 is 1.22 bits per heavy atom. The Morgan fingerprint density at radius 3 is 2.65 bits per heavy atom. The van der Waals surface area contributed by atoms with Gasteiger partial charge in [0.05, 0.1) is 10.7 Å². The summed E-state index contributed by atoms with van der Waals surface area (Å²) >= 11 is 6.10. The molecule has 2 aromatic carbocycles. The maximum atomic E-state index is 13.4. The number of fused-ring (bicyclic) bond motifs is 1. The zero-order chi connectivity index (χ0) is 16.2. The van der Waals surface area contributed by atoms with Crippen molar-refractivity contribution in [2.24, 2.45) is 0 Å². The molecule has 1 amide bonds. The number of carbonyl (C=O) groups excluding carboxylic acids is 1. The first-order chi connectivity index (χ1) is 11.1. The molecule has 2 aromatic rings. The van der Waals surface area contributed by atoms with Crippen molar-refractivity contribution in [1.82, 2.24) is 0 Å². The third-order valence-electron chi connectivity index (χ3n) is 3.10. The highest BCUT2D eigenvalue weighted by atomic mass is 35.5. The highest BCUT2D eigenvalue weighted by Gasteiger charge is 2.16. The average Bonchev–Trinajstić information content (AvgIpc) is 2.55. The molecule has 0 aromatic heterocycles. The number of ether oxygens (including phenoxy) is 3. The highest BCUT2D eigenvalue weighted by Crippen LogP contribution is 2.37. The summed E-state index contributed by atoms with van der Waals surface area (Å²) in [5.41, 5.74) is 0.373. The lowest BCUT2D eigenvalue weighted by molar-refractivity contribution is -0.118. The minimum Gasteiger partial charge on any atom is -0.486 e. The van der Waals surface area contributed by atoms with Gasteiger partial charge in [0, 0.05) is 12.1 Å². The number of para-hydroxylation sites is 1. The van der Waals surface area contributed by atoms with Crippen LogP contribution in [0.1, 0.15) is 0 Å². The molecule has 1 N–H and O–H groups in total. The summed E-state index contributed by atoms with van der Waals surface area (Å²) in [4.78, 5) is 11.9. The standard InChI is InChI=1S/C16H13ClFNO4/c17-10-7-14-15(22-6-5-21-14)8-12(10)19-16(20)9-23-13-4-2-1-3-11(13)18/h1-4,7-8H,5-6,9H2,(H,19,20). The monoisotopic (exact) mass is 337 g/mol. The van der Waals surface area contributed by atoms with Gasteiger partial charge in [-0.25, -0.2) is 4.39 Å². The van der Waals surface area contributed by atoms with Gasteiger partial charge in [-0.2, -0.15) is 0 Å². The Hall–Kier alpha value is -2.47. The quantitative estimate of drug-likeness (QED) is 0.930. The van der Waals surface area contributed by atoms with Crippen LogP contribution in [-0.2, 0) is 4.79 Å². The van der Waals surface area contributed by atoms with E-state index in [1.54, 1.807) is 18.2 Å². The molecule has 0 unspecified atom stereocenters. The Bertz CT molecular complexity index is 738. The molecule has 0 spiro atoms. The van der Waals surface area contributed by atoms with Gasteiger partial charge in [0.25, 0.3) is 5.91 Å². The fraction of sp³-hybridized carbons (Fsp3) is 0.188. The molecule has 1 heterocycles. The first-order valence-corrected chi connectivity index (χ1v) is 7.27. The first-order valence-electron chi connectivity index (χ1n) is 6.90. The Morgan fingerprint density at radius 2 is 1.91 bits per heavy atom. The lowest BCUT2D eigenvalue weighted by Crippen LogP contribution is -2.21. The van der Waals surface area contributed by atoms with Crippen LogP contribution >= 0.6 is 11.6 Å². The molecule has 0 saturated heterocycles. The van der Waals surface area contributed by atoms with Crippen LogP contribution in [0.5, 0.6) is 17.2 Å². The first kappa shape index (κ1) is 15.4. The SMILES string of the molecule is O=C(COc1ccccc1F)Nc1cc2c(cc1Cl)OCCO2. The van der Waals surface area contributed by atoms with E-state index in [1.165, 1.54) is 18.2 Å². The minimum absolute atomic E-state index is 0.0101. The van der Waals surface area contributed by atoms with Gasteiger partial charge in [-0.3, -0.25) is 4.79 Å². The van der Waals surface area contributed by atoms with Crippen molar-refractivity contribution in [3.05, 3.63) is 47.2 Å². The van der Waals surface area contributed by atoms with E-state index in [-0.39, 0.29) is 12.4 Å². The van der Waals surface area contributed by atoms with Crippen LogP contribution in [0.4, 0.5) is 10.1 Å². The second-order valence-corrected chi connectivity index (χ2v) is 5.15. The van der Waals surface area contributed by atoms with E-state index in [2.05, 4.69) is 5.32 Å². The maximum Gasteiger partial charge on any atom is 0.262 e. The van der Waals surface area contributed by atoms with Crippen molar-refractivity contribution in [2.45, 2.75) is 0 Å². The van der Waals surface area contributed by atoms with Crippen LogP contribution < -0.4 is 19.5 Å². The Labute approximate surface area is 136 Å². The predicted octanol–water partition coefficient (Wildman–Crippen LogP) is 3.27. The summed E-state index contributed by atoms with van der Waals surface area (Å²) in [6.45, 7) is 0.537. The normalized spacial score (nSPS) is 12.6. The smallest absolute Gasteiger partial charge is 0.262 e. The minimum atomic E-state index is -0.530. The van der Waals surface area contributed by atoms with Gasteiger partial charge in [-0.05, 0) is 12.1 Å². The van der Waals surface area contributed by atoms with E-state index < -0.39 is 11.7 Å². The summed E-state index contributed by atoms with van der Waals surface area (Å²) in [7, 11) is 0. The predicted molar refractivity (Wildman–Crippen MR) is 83.0 cm³/mol. The summed E-state index contributed by atoms with van der Waals surface area (Å²) in [6, 6.07) is 9.01. The molecule has 0 saturated carbocycles. The van der Waals surface area contributed by atoms with Gasteiger partial charge in [-0.1, -0.05) is 23.7 Å². The number of hydrogen-bond acceptors (Lipinski definition) is 4. The molecule has 0 aliphatic carbocycles. The lowest BCUT2D eigenvalue weighted by Gasteiger charge is -2.20. The molecule has 1 aliphatic heterocycles. The maximum absolute atomic E-state index is 13.4. The third-order valence-corrected chi connectivity index (χ3v) is 3.41. The summed E-state index contributed by atoms with van der Waals surface area (Å²) in [5, 5.41) is 2.91. The van der Waals surface area contributed by atoms with E-state index in [9.17, 15) is 9.18 Å². The topological polar surface area (TPSA) is 56.8 Å². The molecule has 0 fully saturated rings. The highest BCUT2D eigenvalue weighted by molar-refractivity contribution is 6.34. The molecule has 23 heavy (non-hydrogen) atoms. The third kappa shape index (κ3) is 3.65. The van der Waals surface area contributed by atoms with Crippen molar-refractivity contribution in [3.8, 4) is 17.2 Å². The van der Waals surface area contributed by atoms with Crippen molar-refractivity contribution >= 4 is 23.2 Å². The van der Waals surface area contributed by atoms with E-state index in [1.807, 2.05) is 0 Å². The van der Waals surface area contributed by atoms with Crippen molar-refractivity contribution in [1.29, 1.82) is 0 Å². The molecule has 0 radical (unpaired) electrons. The number of amides is 1. The van der Waals surface area contributed by atoms with Crippen LogP contribution in [0.2, 0.25) is 5.02 Å². The average molecular weight is 338 g/mol. The number of anilines is 1. The van der Waals surface area contributed by atoms with Crippen LogP contribution in [0.3, 0.4) is 0 Å². The van der Waals surface area contributed by atoms with Crippen LogP contribution in [0, 0.1) is 5.82 Å². The molecular formula is C16H13ClFNO4. The molecule has 3 rings (SSSR count). The molecular weight excluding hydrogens is 325 g/mol. The van der Waals surface area contributed by atoms with Gasteiger partial charge in [0.15, 0.2) is 29.7 Å². The molecule has 0 bridgehead atoms. The summed E-state index contributed by atoms with van der Waals surface area (Å²) in [6.07, 6.45) is 0. The van der Waals surface area contributed by atoms with E-state index in [0.29, 0.717) is 35.4 Å². The Kier molecular flexibility index (Phi) is 4.52. The second-order valence-electron chi connectivity index (χ2n) is 4.74. The second kappa shape index (κ2) is 6.75. The van der Waals surface area contributed by atoms with Crippen molar-refractivity contribution < 1.29 is 23.4 Å². The van der Waals surface area contributed by atoms with Gasteiger partial charge in [0.2, 0.25) is 0 Å². The number of hydrogen-bond donors (Lipinski definition) is 1. The van der Waals surface area contributed by atoms with Crippen LogP contribution in [0.15, 0.2) is 36.4 Å². The molecule has 1 aliphatic rings. The van der Waals surface area contributed by atoms with Gasteiger partial charge in [-0.15, -0.1) is 0 Å². The van der Waals surface area contributed by atoms with Crippen molar-refractivity contribution in [3.63, 3.8) is 0 Å². The number of benzene rings is 2. The Balaban J connectivity index is 1.65. The molecule has 7 heteroatoms. The van der Waals surface area contributed by atoms with Crippen LogP contribution in [0.25, 0.3) is 0 Å². The lowest BCUT2D eigenvalue weighted by atomic mass is 10.2. The van der Waals surface area contributed by atoms with Gasteiger partial charge in [0.1, 0.15) is 13.2 Å². The number of halogens is 2. The van der Waals surface area contributed by atoms with E-state index in [0.717, 1.165) is 0 Å². The van der Waals surface area contributed by atoms with E-state index in [4.69, 9.17) is 25.8 Å². The summed E-state index contributed by atoms with van der Waals surface area (Å²) in [5.74, 6) is 0.0493. The fourth-order valence-electron chi connectivity index (χ4n) is 2.05. The fourth-order valence-corrected chi connectivity index (χ4v) is 2.25. The zero-order valence-corrected chi connectivity index (χ0v) is 12.7. The number of carbonyl (C=O) groups is 1. The van der Waals surface area contributed by atoms with E-state index >= 15 is 0 Å². The van der Waals surface area contributed by atoms with Crippen molar-refractivity contribution in [2.75, 3.05) is 25.1 Å². The van der Waals surface area contributed by atoms with Gasteiger partial charge < -0.3 is 19.5 Å². The number of nitrogens with one attached hydrogen (secondary N) is 1. The number of rotatable bonds is 4.